The lowest BCUT2D eigenvalue weighted by Gasteiger charge is -2.27. The van der Waals surface area contributed by atoms with Crippen molar-refractivity contribution >= 4 is 40.4 Å². The monoisotopic (exact) mass is 499 g/mol. The molecule has 192 valence electrons. The van der Waals surface area contributed by atoms with Crippen LogP contribution in [0.1, 0.15) is 53.8 Å². The van der Waals surface area contributed by atoms with E-state index in [1.807, 2.05) is 79.2 Å². The molecule has 3 aromatic rings. The van der Waals surface area contributed by atoms with Gasteiger partial charge in [0.25, 0.3) is 11.8 Å². The summed E-state index contributed by atoms with van der Waals surface area (Å²) in [6.07, 6.45) is 4.90. The minimum Gasteiger partial charge on any atom is -0.489 e. The fourth-order valence-electron chi connectivity index (χ4n) is 4.93. The molecule has 3 heterocycles. The lowest BCUT2D eigenvalue weighted by atomic mass is 10.1. The molecule has 1 aromatic heterocycles. The van der Waals surface area contributed by atoms with Crippen molar-refractivity contribution in [1.29, 1.82) is 0 Å². The van der Waals surface area contributed by atoms with E-state index in [1.54, 1.807) is 18.1 Å². The van der Waals surface area contributed by atoms with Gasteiger partial charge in [0.1, 0.15) is 11.6 Å². The zero-order chi connectivity index (χ0) is 26.1. The number of rotatable bonds is 5. The van der Waals surface area contributed by atoms with Crippen LogP contribution in [0.5, 0.6) is 5.75 Å². The molecule has 1 fully saturated rings. The molecule has 1 saturated heterocycles. The van der Waals surface area contributed by atoms with Gasteiger partial charge in [-0.2, -0.15) is 0 Å². The third kappa shape index (κ3) is 4.83. The van der Waals surface area contributed by atoms with Crippen LogP contribution in [-0.4, -0.2) is 55.0 Å². The van der Waals surface area contributed by atoms with Crippen molar-refractivity contribution in [2.24, 2.45) is 0 Å². The van der Waals surface area contributed by atoms with E-state index in [9.17, 15) is 9.59 Å². The van der Waals surface area contributed by atoms with E-state index in [2.05, 4.69) is 10.3 Å². The lowest BCUT2D eigenvalue weighted by molar-refractivity contribution is 0.0723. The predicted octanol–water partition coefficient (Wildman–Crippen LogP) is 5.60. The molecule has 37 heavy (non-hydrogen) atoms. The number of carbonyl (C=O) groups is 2. The molecule has 1 N–H and O–H groups in total. The Morgan fingerprint density at radius 2 is 1.70 bits per heavy atom. The Kier molecular flexibility index (Phi) is 6.74. The first kappa shape index (κ1) is 24.6. The molecule has 2 amide bonds. The second-order valence-corrected chi connectivity index (χ2v) is 9.85. The maximum Gasteiger partial charge on any atom is 0.260 e. The fraction of sp³-hybridized carbons (Fsp3) is 0.345. The van der Waals surface area contributed by atoms with Crippen LogP contribution in [0.15, 0.2) is 54.7 Å². The van der Waals surface area contributed by atoms with Gasteiger partial charge in [0.2, 0.25) is 0 Å². The molecule has 0 aliphatic carbocycles. The smallest absolute Gasteiger partial charge is 0.260 e. The summed E-state index contributed by atoms with van der Waals surface area (Å²) in [5.41, 5.74) is 4.38. The van der Waals surface area contributed by atoms with E-state index < -0.39 is 0 Å². The van der Waals surface area contributed by atoms with E-state index in [-0.39, 0.29) is 17.9 Å². The van der Waals surface area contributed by atoms with E-state index in [0.717, 1.165) is 48.7 Å². The number of piperidine rings is 1. The second-order valence-electron chi connectivity index (χ2n) is 9.85. The number of para-hydroxylation sites is 1. The van der Waals surface area contributed by atoms with Crippen molar-refractivity contribution in [3.8, 4) is 5.75 Å². The molecule has 2 aromatic carbocycles. The predicted molar refractivity (Wildman–Crippen MR) is 147 cm³/mol. The topological polar surface area (TPSA) is 78.0 Å². The highest BCUT2D eigenvalue weighted by atomic mass is 16.5. The molecule has 0 atom stereocenters. The Labute approximate surface area is 217 Å². The summed E-state index contributed by atoms with van der Waals surface area (Å²) in [5.74, 6) is 1.16. The van der Waals surface area contributed by atoms with Gasteiger partial charge >= 0.3 is 0 Å². The first-order valence-electron chi connectivity index (χ1n) is 12.8. The van der Waals surface area contributed by atoms with Crippen LogP contribution in [0.2, 0.25) is 0 Å². The highest BCUT2D eigenvalue weighted by Gasteiger charge is 2.28. The number of fused-ring (bicyclic) bond motifs is 2. The van der Waals surface area contributed by atoms with Crippen molar-refractivity contribution in [1.82, 2.24) is 9.88 Å². The Bertz CT molecular complexity index is 1330. The molecular weight excluding hydrogens is 466 g/mol. The van der Waals surface area contributed by atoms with Gasteiger partial charge in [-0.1, -0.05) is 12.1 Å². The van der Waals surface area contributed by atoms with Crippen LogP contribution in [0, 0.1) is 0 Å². The van der Waals surface area contributed by atoms with Gasteiger partial charge in [-0.15, -0.1) is 0 Å². The van der Waals surface area contributed by atoms with Crippen molar-refractivity contribution < 1.29 is 14.3 Å². The summed E-state index contributed by atoms with van der Waals surface area (Å²) >= 11 is 0. The van der Waals surface area contributed by atoms with Gasteiger partial charge in [-0.25, -0.2) is 4.98 Å². The third-order valence-electron chi connectivity index (χ3n) is 6.88. The molecule has 0 radical (unpaired) electrons. The van der Waals surface area contributed by atoms with Gasteiger partial charge in [-0.05, 0) is 63.4 Å². The highest BCUT2D eigenvalue weighted by Crippen LogP contribution is 2.40. The number of nitrogens with one attached hydrogen (secondary N) is 1. The van der Waals surface area contributed by atoms with Crippen molar-refractivity contribution in [2.45, 2.75) is 39.2 Å². The van der Waals surface area contributed by atoms with E-state index in [4.69, 9.17) is 4.74 Å². The number of amides is 2. The Hall–Kier alpha value is -4.07. The van der Waals surface area contributed by atoms with Crippen LogP contribution in [-0.2, 0) is 0 Å². The molecule has 0 bridgehead atoms. The molecule has 0 saturated carbocycles. The SMILES string of the molecule is CC(C)Oc1cc(C(=O)N2CCCCC2)ccc1Nc1cc2c(cn1)N(C)C(=O)c1ccccc1N2C. The van der Waals surface area contributed by atoms with Crippen LogP contribution in [0.3, 0.4) is 0 Å². The number of hydrogen-bond acceptors (Lipinski definition) is 6. The molecular formula is C29H33N5O3. The van der Waals surface area contributed by atoms with E-state index in [1.165, 1.54) is 6.42 Å². The van der Waals surface area contributed by atoms with Gasteiger partial charge in [0.15, 0.2) is 0 Å². The number of benzene rings is 2. The summed E-state index contributed by atoms with van der Waals surface area (Å²) in [4.78, 5) is 36.3. The normalized spacial score (nSPS) is 15.3. The van der Waals surface area contributed by atoms with E-state index >= 15 is 0 Å². The third-order valence-corrected chi connectivity index (χ3v) is 6.88. The number of likely N-dealkylation sites (tertiary alicyclic amines) is 1. The molecule has 5 rings (SSSR count). The molecule has 8 nitrogen and oxygen atoms in total. The number of hydrogen-bond donors (Lipinski definition) is 1. The number of aromatic nitrogens is 1. The zero-order valence-electron chi connectivity index (χ0n) is 21.8. The Morgan fingerprint density at radius 1 is 0.946 bits per heavy atom. The number of pyridine rings is 1. The van der Waals surface area contributed by atoms with Gasteiger partial charge in [-0.3, -0.25) is 9.59 Å². The average Bonchev–Trinajstić information content (AvgIpc) is 2.99. The number of anilines is 5. The largest absolute Gasteiger partial charge is 0.489 e. The minimum atomic E-state index is -0.0784. The molecule has 8 heteroatoms. The highest BCUT2D eigenvalue weighted by molar-refractivity contribution is 6.13. The number of nitrogens with zero attached hydrogens (tertiary/aromatic N) is 4. The van der Waals surface area contributed by atoms with Gasteiger partial charge in [0, 0.05) is 38.8 Å². The van der Waals surface area contributed by atoms with Gasteiger partial charge in [0.05, 0.1) is 40.6 Å². The van der Waals surface area contributed by atoms with E-state index in [0.29, 0.717) is 22.7 Å². The Balaban J connectivity index is 1.47. The van der Waals surface area contributed by atoms with Gasteiger partial charge < -0.3 is 24.8 Å². The first-order chi connectivity index (χ1) is 17.8. The zero-order valence-corrected chi connectivity index (χ0v) is 21.8. The second kappa shape index (κ2) is 10.1. The molecule has 0 spiro atoms. The van der Waals surface area contributed by atoms with Crippen molar-refractivity contribution in [3.05, 3.63) is 65.9 Å². The fourth-order valence-corrected chi connectivity index (χ4v) is 4.93. The van der Waals surface area contributed by atoms with Crippen LogP contribution >= 0.6 is 0 Å². The first-order valence-corrected chi connectivity index (χ1v) is 12.8. The summed E-state index contributed by atoms with van der Waals surface area (Å²) in [6.45, 7) is 5.52. The van der Waals surface area contributed by atoms with Crippen LogP contribution in [0.4, 0.5) is 28.6 Å². The summed E-state index contributed by atoms with van der Waals surface area (Å²) in [5, 5.41) is 3.37. The summed E-state index contributed by atoms with van der Waals surface area (Å²) in [6, 6.07) is 15.0. The average molecular weight is 500 g/mol. The minimum absolute atomic E-state index is 0.0380. The summed E-state index contributed by atoms with van der Waals surface area (Å²) < 4.78 is 6.10. The van der Waals surface area contributed by atoms with Crippen molar-refractivity contribution in [2.75, 3.05) is 42.3 Å². The molecule has 0 unspecified atom stereocenters. The van der Waals surface area contributed by atoms with Crippen molar-refractivity contribution in [3.63, 3.8) is 0 Å². The lowest BCUT2D eigenvalue weighted by Crippen LogP contribution is -2.35. The maximum atomic E-state index is 13.1. The quantitative estimate of drug-likeness (QED) is 0.493. The molecule has 2 aliphatic heterocycles. The summed E-state index contributed by atoms with van der Waals surface area (Å²) in [7, 11) is 3.71. The number of carbonyl (C=O) groups excluding carboxylic acids is 2. The van der Waals surface area contributed by atoms with Crippen LogP contribution in [0.25, 0.3) is 0 Å². The standard InChI is InChI=1S/C29H33N5O3/c1-19(2)37-26-16-20(28(35)34-14-8-5-9-15-34)12-13-22(26)31-27-17-24-25(18-30-27)33(4)29(36)21-10-6-7-11-23(21)32(24)3/h6-7,10-13,16-19H,5,8-9,14-15H2,1-4H3,(H,30,31). The van der Waals surface area contributed by atoms with Crippen LogP contribution < -0.4 is 19.9 Å². The maximum absolute atomic E-state index is 13.1. The number of ether oxygens (including phenoxy) is 1. The molecule has 2 aliphatic rings. The Morgan fingerprint density at radius 3 is 2.46 bits per heavy atom.